The molecule has 1 amide bonds. The van der Waals surface area contributed by atoms with Crippen LogP contribution in [-0.4, -0.2) is 33.4 Å². The van der Waals surface area contributed by atoms with Crippen molar-refractivity contribution >= 4 is 29.1 Å². The molecule has 1 aromatic carbocycles. The molecule has 0 spiro atoms. The second kappa shape index (κ2) is 6.93. The van der Waals surface area contributed by atoms with Gasteiger partial charge in [-0.1, -0.05) is 30.1 Å². The lowest BCUT2D eigenvalue weighted by Gasteiger charge is -2.12. The van der Waals surface area contributed by atoms with Gasteiger partial charge in [-0.2, -0.15) is 5.10 Å². The van der Waals surface area contributed by atoms with Gasteiger partial charge in [-0.3, -0.25) is 4.79 Å². The first-order valence-corrected chi connectivity index (χ1v) is 7.23. The number of rotatable bonds is 5. The highest BCUT2D eigenvalue weighted by Crippen LogP contribution is 2.23. The summed E-state index contributed by atoms with van der Waals surface area (Å²) in [5.41, 5.74) is 0.891. The molecule has 0 saturated heterocycles. The van der Waals surface area contributed by atoms with E-state index in [2.05, 4.69) is 10.4 Å². The predicted molar refractivity (Wildman–Crippen MR) is 82.2 cm³/mol. The molecule has 0 aliphatic carbocycles. The minimum atomic E-state index is -0.334. The van der Waals surface area contributed by atoms with Gasteiger partial charge in [-0.25, -0.2) is 4.68 Å². The number of hydrogen-bond donors (Lipinski definition) is 2. The lowest BCUT2D eigenvalue weighted by Crippen LogP contribution is -2.37. The fourth-order valence-electron chi connectivity index (χ4n) is 1.78. The van der Waals surface area contributed by atoms with Gasteiger partial charge in [0.05, 0.1) is 23.4 Å². The summed E-state index contributed by atoms with van der Waals surface area (Å²) in [5.74, 6) is -0.334. The second-order valence-corrected chi connectivity index (χ2v) is 5.35. The zero-order valence-corrected chi connectivity index (χ0v) is 12.9. The van der Waals surface area contributed by atoms with Gasteiger partial charge in [0.1, 0.15) is 0 Å². The van der Waals surface area contributed by atoms with E-state index in [-0.39, 0.29) is 24.2 Å². The van der Waals surface area contributed by atoms with E-state index >= 15 is 0 Å². The van der Waals surface area contributed by atoms with Crippen LogP contribution in [0.5, 0.6) is 0 Å². The molecule has 2 aromatic rings. The number of nitrogens with zero attached hydrogens (tertiary/aromatic N) is 2. The van der Waals surface area contributed by atoms with E-state index in [4.69, 9.17) is 28.3 Å². The van der Waals surface area contributed by atoms with Crippen LogP contribution >= 0.6 is 23.2 Å². The number of hydrogen-bond acceptors (Lipinski definition) is 3. The van der Waals surface area contributed by atoms with Crippen molar-refractivity contribution < 1.29 is 9.90 Å². The van der Waals surface area contributed by atoms with Crippen molar-refractivity contribution in [2.45, 2.75) is 19.4 Å². The van der Waals surface area contributed by atoms with Crippen molar-refractivity contribution in [1.29, 1.82) is 0 Å². The van der Waals surface area contributed by atoms with Gasteiger partial charge in [-0.05, 0) is 30.7 Å². The molecule has 1 heterocycles. The standard InChI is InChI=1S/C14H15Cl2N3O2/c1-2-10(8-20)17-14(21)12-5-6-19(18-12)13-4-3-9(15)7-11(13)16/h3-7,10,20H,2,8H2,1H3,(H,17,21). The van der Waals surface area contributed by atoms with Crippen LogP contribution in [-0.2, 0) is 0 Å². The number of aliphatic hydroxyl groups is 1. The molecule has 7 heteroatoms. The molecule has 21 heavy (non-hydrogen) atoms. The zero-order valence-electron chi connectivity index (χ0n) is 11.4. The molecule has 0 bridgehead atoms. The van der Waals surface area contributed by atoms with Gasteiger partial charge in [0, 0.05) is 11.2 Å². The average molecular weight is 328 g/mol. The Morgan fingerprint density at radius 3 is 2.81 bits per heavy atom. The number of aliphatic hydroxyl groups excluding tert-OH is 1. The van der Waals surface area contributed by atoms with Crippen molar-refractivity contribution in [2.75, 3.05) is 6.61 Å². The quantitative estimate of drug-likeness (QED) is 0.887. The largest absolute Gasteiger partial charge is 0.394 e. The first-order chi connectivity index (χ1) is 10.0. The maximum atomic E-state index is 12.0. The van der Waals surface area contributed by atoms with Gasteiger partial charge in [0.2, 0.25) is 0 Å². The molecular weight excluding hydrogens is 313 g/mol. The molecule has 1 aromatic heterocycles. The highest BCUT2D eigenvalue weighted by atomic mass is 35.5. The van der Waals surface area contributed by atoms with Crippen molar-refractivity contribution in [2.24, 2.45) is 0 Å². The Hall–Kier alpha value is -1.56. The van der Waals surface area contributed by atoms with Gasteiger partial charge in [0.25, 0.3) is 5.91 Å². The zero-order chi connectivity index (χ0) is 15.4. The summed E-state index contributed by atoms with van der Waals surface area (Å²) in [5, 5.41) is 17.0. The van der Waals surface area contributed by atoms with Crippen LogP contribution in [0.4, 0.5) is 0 Å². The molecule has 112 valence electrons. The molecule has 0 saturated carbocycles. The Labute approximate surface area is 132 Å². The average Bonchev–Trinajstić information content (AvgIpc) is 2.94. The monoisotopic (exact) mass is 327 g/mol. The van der Waals surface area contributed by atoms with E-state index in [0.29, 0.717) is 22.2 Å². The summed E-state index contributed by atoms with van der Waals surface area (Å²) < 4.78 is 1.51. The summed E-state index contributed by atoms with van der Waals surface area (Å²) in [7, 11) is 0. The molecule has 1 unspecified atom stereocenters. The van der Waals surface area contributed by atoms with Gasteiger partial charge < -0.3 is 10.4 Å². The number of amides is 1. The van der Waals surface area contributed by atoms with E-state index in [0.717, 1.165) is 0 Å². The third-order valence-corrected chi connectivity index (χ3v) is 3.56. The minimum absolute atomic E-state index is 0.105. The maximum absolute atomic E-state index is 12.0. The van der Waals surface area contributed by atoms with Crippen molar-refractivity contribution in [3.8, 4) is 5.69 Å². The molecule has 2 rings (SSSR count). The van der Waals surface area contributed by atoms with Gasteiger partial charge in [0.15, 0.2) is 5.69 Å². The first kappa shape index (κ1) is 15.8. The summed E-state index contributed by atoms with van der Waals surface area (Å²) in [6.45, 7) is 1.78. The smallest absolute Gasteiger partial charge is 0.272 e. The van der Waals surface area contributed by atoms with Gasteiger partial charge >= 0.3 is 0 Å². The van der Waals surface area contributed by atoms with Crippen LogP contribution in [0.15, 0.2) is 30.5 Å². The molecule has 1 atom stereocenters. The van der Waals surface area contributed by atoms with Crippen LogP contribution in [0.25, 0.3) is 5.69 Å². The number of carbonyl (C=O) groups excluding carboxylic acids is 1. The highest BCUT2D eigenvalue weighted by Gasteiger charge is 2.15. The maximum Gasteiger partial charge on any atom is 0.272 e. The van der Waals surface area contributed by atoms with Crippen LogP contribution in [0.1, 0.15) is 23.8 Å². The molecule has 0 radical (unpaired) electrons. The third-order valence-electron chi connectivity index (χ3n) is 3.03. The Kier molecular flexibility index (Phi) is 5.22. The summed E-state index contributed by atoms with van der Waals surface area (Å²) in [4.78, 5) is 12.0. The molecule has 0 aliphatic heterocycles. The Morgan fingerprint density at radius 1 is 1.43 bits per heavy atom. The molecule has 2 N–H and O–H groups in total. The van der Waals surface area contributed by atoms with E-state index < -0.39 is 0 Å². The van der Waals surface area contributed by atoms with Crippen molar-refractivity contribution in [1.82, 2.24) is 15.1 Å². The second-order valence-electron chi connectivity index (χ2n) is 4.50. The Bertz CT molecular complexity index is 639. The number of nitrogens with one attached hydrogen (secondary N) is 1. The summed E-state index contributed by atoms with van der Waals surface area (Å²) in [6.07, 6.45) is 2.29. The molecule has 0 aliphatic rings. The lowest BCUT2D eigenvalue weighted by molar-refractivity contribution is 0.0909. The fraction of sp³-hybridized carbons (Fsp3) is 0.286. The van der Waals surface area contributed by atoms with Crippen molar-refractivity contribution in [3.05, 3.63) is 46.2 Å². The summed E-state index contributed by atoms with van der Waals surface area (Å²) in [6, 6.07) is 6.34. The van der Waals surface area contributed by atoms with Crippen molar-refractivity contribution in [3.63, 3.8) is 0 Å². The normalized spacial score (nSPS) is 12.2. The molecule has 0 fully saturated rings. The lowest BCUT2D eigenvalue weighted by atomic mass is 10.2. The van der Waals surface area contributed by atoms with Crippen LogP contribution < -0.4 is 5.32 Å². The van der Waals surface area contributed by atoms with Crippen LogP contribution in [0.2, 0.25) is 10.0 Å². The van der Waals surface area contributed by atoms with E-state index in [1.807, 2.05) is 6.92 Å². The predicted octanol–water partition coefficient (Wildman–Crippen LogP) is 2.68. The molecule has 5 nitrogen and oxygen atoms in total. The van der Waals surface area contributed by atoms with E-state index in [1.54, 1.807) is 30.5 Å². The number of benzene rings is 1. The number of carbonyl (C=O) groups is 1. The molecular formula is C14H15Cl2N3O2. The number of aromatic nitrogens is 2. The fourth-order valence-corrected chi connectivity index (χ4v) is 2.28. The third kappa shape index (κ3) is 3.75. The SMILES string of the molecule is CCC(CO)NC(=O)c1ccn(-c2ccc(Cl)cc2Cl)n1. The summed E-state index contributed by atoms with van der Waals surface area (Å²) >= 11 is 12.0. The van der Waals surface area contributed by atoms with Crippen LogP contribution in [0, 0.1) is 0 Å². The topological polar surface area (TPSA) is 67.2 Å². The van der Waals surface area contributed by atoms with E-state index in [1.165, 1.54) is 4.68 Å². The van der Waals surface area contributed by atoms with Gasteiger partial charge in [-0.15, -0.1) is 0 Å². The first-order valence-electron chi connectivity index (χ1n) is 6.48. The minimum Gasteiger partial charge on any atom is -0.394 e. The number of halogens is 2. The Balaban J connectivity index is 2.19. The van der Waals surface area contributed by atoms with E-state index in [9.17, 15) is 4.79 Å². The van der Waals surface area contributed by atoms with Crippen LogP contribution in [0.3, 0.4) is 0 Å². The Morgan fingerprint density at radius 2 is 2.19 bits per heavy atom. The highest BCUT2D eigenvalue weighted by molar-refractivity contribution is 6.35.